The van der Waals surface area contributed by atoms with Crippen LogP contribution in [0, 0.1) is 16.7 Å². The van der Waals surface area contributed by atoms with E-state index in [1.54, 1.807) is 0 Å². The Morgan fingerprint density at radius 2 is 1.36 bits per heavy atom. The van der Waals surface area contributed by atoms with E-state index in [9.17, 15) is 10.2 Å². The standard InChI is InChI=1S/C30H40N2O4/c1-28(2)27-8-9-29(28,3)18-30(27,23-4-6-25-21(14-23)16-31(10-12-33)19-35-25)24-5-7-26-22(15-24)17-32(11-13-34)20-36-26/h4-7,14-15,27,33-34H,8-13,16-20H2,1-3H3. The Labute approximate surface area is 214 Å². The first-order valence-corrected chi connectivity index (χ1v) is 13.5. The Morgan fingerprint density at radius 3 is 1.78 bits per heavy atom. The minimum atomic E-state index is -0.0704. The molecule has 2 unspecified atom stereocenters. The summed E-state index contributed by atoms with van der Waals surface area (Å²) in [6.07, 6.45) is 3.65. The van der Waals surface area contributed by atoms with Crippen LogP contribution < -0.4 is 9.47 Å². The van der Waals surface area contributed by atoms with Crippen LogP contribution in [0.4, 0.5) is 0 Å². The molecule has 2 aliphatic heterocycles. The smallest absolute Gasteiger partial charge is 0.142 e. The zero-order valence-electron chi connectivity index (χ0n) is 21.9. The molecule has 4 aliphatic rings. The highest BCUT2D eigenvalue weighted by Gasteiger charge is 2.67. The molecule has 36 heavy (non-hydrogen) atoms. The quantitative estimate of drug-likeness (QED) is 0.633. The van der Waals surface area contributed by atoms with Gasteiger partial charge in [-0.1, -0.05) is 32.9 Å². The monoisotopic (exact) mass is 492 g/mol. The second-order valence-electron chi connectivity index (χ2n) is 12.3. The number of nitrogens with zero attached hydrogens (tertiary/aromatic N) is 2. The van der Waals surface area contributed by atoms with Crippen LogP contribution in [-0.4, -0.2) is 59.8 Å². The Hall–Kier alpha value is -2.12. The van der Waals surface area contributed by atoms with Crippen molar-refractivity contribution in [1.82, 2.24) is 9.80 Å². The third-order valence-electron chi connectivity index (χ3n) is 10.3. The molecule has 2 saturated carbocycles. The van der Waals surface area contributed by atoms with Crippen molar-refractivity contribution in [2.45, 2.75) is 58.5 Å². The second kappa shape index (κ2) is 8.73. The summed E-state index contributed by atoms with van der Waals surface area (Å²) in [6, 6.07) is 13.8. The highest BCUT2D eigenvalue weighted by atomic mass is 16.5. The van der Waals surface area contributed by atoms with Gasteiger partial charge in [-0.25, -0.2) is 0 Å². The van der Waals surface area contributed by atoms with E-state index in [1.165, 1.54) is 35.1 Å². The first kappa shape index (κ1) is 24.2. The third-order valence-corrected chi connectivity index (χ3v) is 10.3. The fourth-order valence-electron chi connectivity index (χ4n) is 7.96. The number of benzene rings is 2. The fraction of sp³-hybridized carbons (Fsp3) is 0.600. The molecule has 194 valence electrons. The number of aliphatic hydroxyl groups is 2. The lowest BCUT2D eigenvalue weighted by molar-refractivity contribution is 0.0767. The average molecular weight is 493 g/mol. The van der Waals surface area contributed by atoms with Crippen LogP contribution in [0.2, 0.25) is 0 Å². The van der Waals surface area contributed by atoms with Gasteiger partial charge in [-0.2, -0.15) is 0 Å². The van der Waals surface area contributed by atoms with E-state index in [4.69, 9.17) is 9.47 Å². The van der Waals surface area contributed by atoms with Gasteiger partial charge in [-0.05, 0) is 71.4 Å². The normalized spacial score (nSPS) is 28.3. The zero-order valence-corrected chi connectivity index (χ0v) is 21.9. The molecule has 2 aromatic carbocycles. The van der Waals surface area contributed by atoms with Gasteiger partial charge < -0.3 is 19.7 Å². The topological polar surface area (TPSA) is 65.4 Å². The predicted molar refractivity (Wildman–Crippen MR) is 139 cm³/mol. The Morgan fingerprint density at radius 1 is 0.833 bits per heavy atom. The van der Waals surface area contributed by atoms with E-state index in [1.807, 2.05) is 0 Å². The van der Waals surface area contributed by atoms with Gasteiger partial charge >= 0.3 is 0 Å². The molecule has 6 nitrogen and oxygen atoms in total. The molecule has 0 saturated heterocycles. The van der Waals surface area contributed by atoms with Crippen molar-refractivity contribution in [1.29, 1.82) is 0 Å². The molecule has 2 bridgehead atoms. The minimum absolute atomic E-state index is 0.0704. The third kappa shape index (κ3) is 3.52. The summed E-state index contributed by atoms with van der Waals surface area (Å²) in [7, 11) is 0. The first-order chi connectivity index (χ1) is 17.3. The van der Waals surface area contributed by atoms with Crippen LogP contribution in [0.3, 0.4) is 0 Å². The van der Waals surface area contributed by atoms with E-state index >= 15 is 0 Å². The van der Waals surface area contributed by atoms with Crippen molar-refractivity contribution >= 4 is 0 Å². The van der Waals surface area contributed by atoms with Gasteiger partial charge in [0.15, 0.2) is 0 Å². The summed E-state index contributed by atoms with van der Waals surface area (Å²) >= 11 is 0. The molecule has 0 amide bonds. The van der Waals surface area contributed by atoms with Crippen LogP contribution in [-0.2, 0) is 18.5 Å². The Bertz CT molecular complexity index is 1080. The summed E-state index contributed by atoms with van der Waals surface area (Å²) in [6.45, 7) is 11.7. The molecule has 2 fully saturated rings. The fourth-order valence-corrected chi connectivity index (χ4v) is 7.96. The molecule has 6 rings (SSSR count). The van der Waals surface area contributed by atoms with E-state index < -0.39 is 0 Å². The van der Waals surface area contributed by atoms with Crippen LogP contribution in [0.1, 0.15) is 62.3 Å². The highest BCUT2D eigenvalue weighted by molar-refractivity contribution is 5.52. The van der Waals surface area contributed by atoms with Gasteiger partial charge in [0.25, 0.3) is 0 Å². The molecule has 0 aromatic heterocycles. The highest BCUT2D eigenvalue weighted by Crippen LogP contribution is 2.74. The summed E-state index contributed by atoms with van der Waals surface area (Å²) < 4.78 is 12.1. The minimum Gasteiger partial charge on any atom is -0.478 e. The molecular weight excluding hydrogens is 452 g/mol. The average Bonchev–Trinajstić information content (AvgIpc) is 3.21. The molecule has 2 atom stereocenters. The van der Waals surface area contributed by atoms with Gasteiger partial charge in [-0.15, -0.1) is 0 Å². The maximum atomic E-state index is 9.47. The maximum Gasteiger partial charge on any atom is 0.142 e. The SMILES string of the molecule is CC12CCC(C(c3ccc4c(c3)CN(CCO)CO4)(c3ccc4c(c3)CN(CCO)CO4)C1)C2(C)C. The number of ether oxygens (including phenoxy) is 2. The molecule has 2 N–H and O–H groups in total. The number of hydrogen-bond donors (Lipinski definition) is 2. The lowest BCUT2D eigenvalue weighted by Crippen LogP contribution is -2.38. The summed E-state index contributed by atoms with van der Waals surface area (Å²) in [5.74, 6) is 2.48. The maximum absolute atomic E-state index is 9.47. The Balaban J connectivity index is 1.46. The van der Waals surface area contributed by atoms with Crippen molar-refractivity contribution in [2.24, 2.45) is 16.7 Å². The number of aliphatic hydroxyl groups excluding tert-OH is 2. The van der Waals surface area contributed by atoms with Gasteiger partial charge in [0.2, 0.25) is 0 Å². The van der Waals surface area contributed by atoms with Crippen LogP contribution in [0.5, 0.6) is 11.5 Å². The van der Waals surface area contributed by atoms with E-state index in [-0.39, 0.29) is 29.5 Å². The molecule has 6 heteroatoms. The molecular formula is C30H40N2O4. The summed E-state index contributed by atoms with van der Waals surface area (Å²) in [5, 5.41) is 18.9. The van der Waals surface area contributed by atoms with Gasteiger partial charge in [-0.3, -0.25) is 9.80 Å². The van der Waals surface area contributed by atoms with Crippen molar-refractivity contribution < 1.29 is 19.7 Å². The summed E-state index contributed by atoms with van der Waals surface area (Å²) in [4.78, 5) is 4.33. The lowest BCUT2D eigenvalue weighted by atomic mass is 9.61. The van der Waals surface area contributed by atoms with Crippen molar-refractivity contribution in [3.05, 3.63) is 58.7 Å². The van der Waals surface area contributed by atoms with E-state index in [2.05, 4.69) is 67.0 Å². The summed E-state index contributed by atoms with van der Waals surface area (Å²) in [5.41, 5.74) is 5.65. The van der Waals surface area contributed by atoms with Gasteiger partial charge in [0.1, 0.15) is 25.0 Å². The van der Waals surface area contributed by atoms with E-state index in [0.717, 1.165) is 31.0 Å². The molecule has 0 spiro atoms. The van der Waals surface area contributed by atoms with Crippen molar-refractivity contribution in [2.75, 3.05) is 39.8 Å². The van der Waals surface area contributed by atoms with Crippen LogP contribution in [0.25, 0.3) is 0 Å². The second-order valence-corrected chi connectivity index (χ2v) is 12.3. The van der Waals surface area contributed by atoms with Crippen LogP contribution >= 0.6 is 0 Å². The number of rotatable bonds is 6. The number of β-amino-alcohol motifs (C(OH)–C–C–N with tert-alkyl or cyclic N) is 2. The molecule has 2 aromatic rings. The molecule has 2 aliphatic carbocycles. The first-order valence-electron chi connectivity index (χ1n) is 13.5. The number of fused-ring (bicyclic) bond motifs is 4. The zero-order chi connectivity index (χ0) is 25.1. The predicted octanol–water partition coefficient (Wildman–Crippen LogP) is 4.11. The van der Waals surface area contributed by atoms with Crippen molar-refractivity contribution in [3.8, 4) is 11.5 Å². The molecule has 0 radical (unpaired) electrons. The lowest BCUT2D eigenvalue weighted by Gasteiger charge is -2.42. The largest absolute Gasteiger partial charge is 0.478 e. The Kier molecular flexibility index (Phi) is 5.87. The van der Waals surface area contributed by atoms with Crippen LogP contribution in [0.15, 0.2) is 36.4 Å². The molecule has 2 heterocycles. The van der Waals surface area contributed by atoms with Crippen molar-refractivity contribution in [3.63, 3.8) is 0 Å². The number of hydrogen-bond acceptors (Lipinski definition) is 6. The van der Waals surface area contributed by atoms with E-state index in [0.29, 0.717) is 32.5 Å². The van der Waals surface area contributed by atoms with Gasteiger partial charge in [0.05, 0.1) is 13.2 Å². The van der Waals surface area contributed by atoms with Gasteiger partial charge in [0, 0.05) is 42.7 Å².